The van der Waals surface area contributed by atoms with Crippen LogP contribution in [0.25, 0.3) is 21.8 Å². The van der Waals surface area contributed by atoms with E-state index in [9.17, 15) is 0 Å². The van der Waals surface area contributed by atoms with Gasteiger partial charge in [-0.05, 0) is 38.0 Å². The van der Waals surface area contributed by atoms with Crippen molar-refractivity contribution in [2.75, 3.05) is 7.11 Å². The average Bonchev–Trinajstić information content (AvgIpc) is 2.86. The van der Waals surface area contributed by atoms with Crippen LogP contribution in [0.4, 0.5) is 0 Å². The molecule has 110 valence electrons. The molecule has 0 aliphatic carbocycles. The smallest absolute Gasteiger partial charge is 0.120 e. The number of hydrogen-bond donors (Lipinski definition) is 0. The zero-order chi connectivity index (χ0) is 14.8. The van der Waals surface area contributed by atoms with E-state index in [1.807, 2.05) is 12.3 Å². The molecule has 21 heavy (non-hydrogen) atoms. The Morgan fingerprint density at radius 2 is 2.00 bits per heavy atom. The van der Waals surface area contributed by atoms with E-state index < -0.39 is 0 Å². The van der Waals surface area contributed by atoms with Crippen LogP contribution < -0.4 is 4.74 Å². The van der Waals surface area contributed by atoms with Crippen molar-refractivity contribution in [3.05, 3.63) is 36.2 Å². The van der Waals surface area contributed by atoms with E-state index in [1.54, 1.807) is 7.11 Å². The molecule has 0 amide bonds. The molecule has 0 aliphatic heterocycles. The maximum atomic E-state index is 5.38. The van der Waals surface area contributed by atoms with Gasteiger partial charge >= 0.3 is 0 Å². The van der Waals surface area contributed by atoms with Crippen LogP contribution in [0.3, 0.4) is 0 Å². The van der Waals surface area contributed by atoms with Gasteiger partial charge < -0.3 is 9.30 Å². The van der Waals surface area contributed by atoms with Gasteiger partial charge in [-0.25, -0.2) is 0 Å². The molecule has 0 bridgehead atoms. The second-order valence-corrected chi connectivity index (χ2v) is 5.38. The molecular weight excluding hydrogens is 260 g/mol. The quantitative estimate of drug-likeness (QED) is 0.686. The van der Waals surface area contributed by atoms with Gasteiger partial charge in [0, 0.05) is 29.6 Å². The highest BCUT2D eigenvalue weighted by Crippen LogP contribution is 2.33. The highest BCUT2D eigenvalue weighted by atomic mass is 16.5. The lowest BCUT2D eigenvalue weighted by Gasteiger charge is -2.08. The number of methoxy groups -OCH3 is 1. The summed E-state index contributed by atoms with van der Waals surface area (Å²) in [7, 11) is 1.72. The molecule has 0 radical (unpaired) electrons. The Morgan fingerprint density at radius 1 is 1.14 bits per heavy atom. The number of aryl methyl sites for hydroxylation is 2. The Morgan fingerprint density at radius 3 is 2.71 bits per heavy atom. The van der Waals surface area contributed by atoms with Crippen molar-refractivity contribution >= 4 is 21.8 Å². The fourth-order valence-electron chi connectivity index (χ4n) is 3.08. The Hall–Kier alpha value is -2.03. The van der Waals surface area contributed by atoms with Crippen molar-refractivity contribution < 1.29 is 4.74 Å². The van der Waals surface area contributed by atoms with Gasteiger partial charge in [0.1, 0.15) is 5.75 Å². The number of rotatable bonds is 5. The predicted octanol–water partition coefficient (Wildman–Crippen LogP) is 4.56. The summed E-state index contributed by atoms with van der Waals surface area (Å²) in [6.07, 6.45) is 5.36. The molecule has 0 fully saturated rings. The van der Waals surface area contributed by atoms with E-state index in [2.05, 4.69) is 41.6 Å². The fourth-order valence-corrected chi connectivity index (χ4v) is 3.08. The Kier molecular flexibility index (Phi) is 3.82. The number of ether oxygens (including phenoxy) is 1. The second-order valence-electron chi connectivity index (χ2n) is 5.38. The standard InChI is InChI=1S/C18H22N2O/c1-4-6-7-16-18-15(10-11-19-16)14-9-8-13(21-3)12-17(14)20(18)5-2/h8-12H,4-7H2,1-3H3. The van der Waals surface area contributed by atoms with Gasteiger partial charge in [0.15, 0.2) is 0 Å². The van der Waals surface area contributed by atoms with Crippen molar-refractivity contribution in [1.29, 1.82) is 0 Å². The molecular formula is C18H22N2O. The van der Waals surface area contributed by atoms with E-state index in [1.165, 1.54) is 40.3 Å². The summed E-state index contributed by atoms with van der Waals surface area (Å²) in [5, 5.41) is 2.59. The molecule has 1 aromatic carbocycles. The lowest BCUT2D eigenvalue weighted by molar-refractivity contribution is 0.415. The van der Waals surface area contributed by atoms with Crippen molar-refractivity contribution in [2.24, 2.45) is 0 Å². The highest BCUT2D eigenvalue weighted by Gasteiger charge is 2.14. The molecule has 3 rings (SSSR count). The number of fused-ring (bicyclic) bond motifs is 3. The lowest BCUT2D eigenvalue weighted by Crippen LogP contribution is -1.99. The van der Waals surface area contributed by atoms with Crippen molar-refractivity contribution in [3.8, 4) is 5.75 Å². The minimum Gasteiger partial charge on any atom is -0.497 e. The molecule has 0 unspecified atom stereocenters. The van der Waals surface area contributed by atoms with E-state index in [4.69, 9.17) is 4.74 Å². The number of pyridine rings is 1. The summed E-state index contributed by atoms with van der Waals surface area (Å²) < 4.78 is 7.75. The molecule has 0 saturated heterocycles. The first-order chi connectivity index (χ1) is 10.3. The summed E-state index contributed by atoms with van der Waals surface area (Å²) >= 11 is 0. The normalized spacial score (nSPS) is 11.4. The number of benzene rings is 1. The summed E-state index contributed by atoms with van der Waals surface area (Å²) in [5.74, 6) is 0.906. The minimum absolute atomic E-state index is 0.906. The molecule has 3 heteroatoms. The van der Waals surface area contributed by atoms with E-state index in [-0.39, 0.29) is 0 Å². The summed E-state index contributed by atoms with van der Waals surface area (Å²) in [6.45, 7) is 5.35. The Balaban J connectivity index is 2.33. The molecule has 0 spiro atoms. The van der Waals surface area contributed by atoms with E-state index in [0.717, 1.165) is 18.7 Å². The number of nitrogens with zero attached hydrogens (tertiary/aromatic N) is 2. The first-order valence-electron chi connectivity index (χ1n) is 7.74. The molecule has 0 atom stereocenters. The fraction of sp³-hybridized carbons (Fsp3) is 0.389. The monoisotopic (exact) mass is 282 g/mol. The summed E-state index contributed by atoms with van der Waals surface area (Å²) in [6, 6.07) is 8.45. The highest BCUT2D eigenvalue weighted by molar-refractivity contribution is 6.09. The van der Waals surface area contributed by atoms with Gasteiger partial charge in [-0.15, -0.1) is 0 Å². The Labute approximate surface area is 125 Å². The molecule has 2 aromatic heterocycles. The summed E-state index contributed by atoms with van der Waals surface area (Å²) in [5.41, 5.74) is 3.74. The van der Waals surface area contributed by atoms with Crippen molar-refractivity contribution in [1.82, 2.24) is 9.55 Å². The molecule has 0 N–H and O–H groups in total. The zero-order valence-corrected chi connectivity index (χ0v) is 13.0. The third-order valence-corrected chi connectivity index (χ3v) is 4.14. The second kappa shape index (κ2) is 5.76. The van der Waals surface area contributed by atoms with Crippen LogP contribution >= 0.6 is 0 Å². The van der Waals surface area contributed by atoms with Gasteiger partial charge in [0.25, 0.3) is 0 Å². The molecule has 2 heterocycles. The van der Waals surface area contributed by atoms with Gasteiger partial charge in [0.05, 0.1) is 23.8 Å². The van der Waals surface area contributed by atoms with Gasteiger partial charge in [0.2, 0.25) is 0 Å². The van der Waals surface area contributed by atoms with Crippen LogP contribution in [0.2, 0.25) is 0 Å². The van der Waals surface area contributed by atoms with Gasteiger partial charge in [-0.2, -0.15) is 0 Å². The number of unbranched alkanes of at least 4 members (excludes halogenated alkanes) is 1. The lowest BCUT2D eigenvalue weighted by atomic mass is 10.1. The van der Waals surface area contributed by atoms with Gasteiger partial charge in [-0.1, -0.05) is 13.3 Å². The van der Waals surface area contributed by atoms with Crippen LogP contribution in [0.1, 0.15) is 32.4 Å². The first kappa shape index (κ1) is 13.9. The molecule has 3 aromatic rings. The number of aromatic nitrogens is 2. The van der Waals surface area contributed by atoms with Crippen LogP contribution in [0.15, 0.2) is 30.5 Å². The van der Waals surface area contributed by atoms with Gasteiger partial charge in [-0.3, -0.25) is 4.98 Å². The van der Waals surface area contributed by atoms with Crippen LogP contribution in [0, 0.1) is 0 Å². The maximum Gasteiger partial charge on any atom is 0.120 e. The topological polar surface area (TPSA) is 27.1 Å². The third kappa shape index (κ3) is 2.27. The average molecular weight is 282 g/mol. The molecule has 0 aliphatic rings. The Bertz CT molecular complexity index is 774. The predicted molar refractivity (Wildman–Crippen MR) is 88.1 cm³/mol. The number of hydrogen-bond acceptors (Lipinski definition) is 2. The van der Waals surface area contributed by atoms with E-state index >= 15 is 0 Å². The largest absolute Gasteiger partial charge is 0.497 e. The maximum absolute atomic E-state index is 5.38. The van der Waals surface area contributed by atoms with E-state index in [0.29, 0.717) is 0 Å². The SMILES string of the molecule is CCCCc1nccc2c3ccc(OC)cc3n(CC)c12. The molecule has 0 saturated carbocycles. The molecule has 3 nitrogen and oxygen atoms in total. The third-order valence-electron chi connectivity index (χ3n) is 4.14. The first-order valence-corrected chi connectivity index (χ1v) is 7.74. The van der Waals surface area contributed by atoms with Crippen LogP contribution in [0.5, 0.6) is 5.75 Å². The van der Waals surface area contributed by atoms with Crippen molar-refractivity contribution in [2.45, 2.75) is 39.7 Å². The minimum atomic E-state index is 0.906. The summed E-state index contributed by atoms with van der Waals surface area (Å²) in [4.78, 5) is 4.64. The van der Waals surface area contributed by atoms with Crippen molar-refractivity contribution in [3.63, 3.8) is 0 Å². The van der Waals surface area contributed by atoms with Crippen LogP contribution in [-0.4, -0.2) is 16.7 Å². The van der Waals surface area contributed by atoms with Crippen LogP contribution in [-0.2, 0) is 13.0 Å². The zero-order valence-electron chi connectivity index (χ0n) is 13.0.